The second kappa shape index (κ2) is 7.73. The molecule has 2 atom stereocenters. The second-order valence-electron chi connectivity index (χ2n) is 7.66. The Bertz CT molecular complexity index is 797. The van der Waals surface area contributed by atoms with Crippen molar-refractivity contribution >= 4 is 29.4 Å². The van der Waals surface area contributed by atoms with Crippen LogP contribution in [-0.4, -0.2) is 48.3 Å². The lowest BCUT2D eigenvalue weighted by Crippen LogP contribution is -2.35. The van der Waals surface area contributed by atoms with Gasteiger partial charge in [-0.05, 0) is 30.9 Å². The monoisotopic (exact) mass is 384 g/mol. The van der Waals surface area contributed by atoms with Crippen molar-refractivity contribution in [1.29, 1.82) is 0 Å². The number of carbonyl (C=O) groups is 4. The first-order valence-corrected chi connectivity index (χ1v) is 9.95. The van der Waals surface area contributed by atoms with Gasteiger partial charge < -0.3 is 9.64 Å². The standard InChI is InChI=1S/C21H24N2O5/c24-18(22-11-9-14-5-1-4-8-17(14)22)13-28-19(25)10-12-23-20(26)15-6-2-3-7-16(15)21(23)27/h1,4-5,8,15-16H,2-3,6-7,9-13H2/t15-,16-/m0/s1. The molecule has 1 saturated carbocycles. The third-order valence-corrected chi connectivity index (χ3v) is 6.02. The number of fused-ring (bicyclic) bond motifs is 2. The van der Waals surface area contributed by atoms with E-state index >= 15 is 0 Å². The molecule has 28 heavy (non-hydrogen) atoms. The van der Waals surface area contributed by atoms with E-state index in [9.17, 15) is 19.2 Å². The largest absolute Gasteiger partial charge is 0.455 e. The van der Waals surface area contributed by atoms with Gasteiger partial charge in [0.25, 0.3) is 5.91 Å². The molecule has 1 aliphatic carbocycles. The van der Waals surface area contributed by atoms with E-state index in [0.29, 0.717) is 6.54 Å². The van der Waals surface area contributed by atoms with E-state index in [-0.39, 0.29) is 49.1 Å². The van der Waals surface area contributed by atoms with Crippen LogP contribution < -0.4 is 4.90 Å². The van der Waals surface area contributed by atoms with Crippen molar-refractivity contribution in [2.75, 3.05) is 24.6 Å². The average molecular weight is 384 g/mol. The molecular formula is C21H24N2O5. The minimum Gasteiger partial charge on any atom is -0.455 e. The molecule has 0 N–H and O–H groups in total. The minimum atomic E-state index is -0.573. The van der Waals surface area contributed by atoms with E-state index in [0.717, 1.165) is 43.4 Å². The van der Waals surface area contributed by atoms with Crippen LogP contribution in [0.1, 0.15) is 37.7 Å². The number of rotatable bonds is 5. The maximum atomic E-state index is 12.4. The van der Waals surface area contributed by atoms with E-state index in [1.165, 1.54) is 4.90 Å². The number of esters is 1. The Morgan fingerprint density at radius 3 is 2.43 bits per heavy atom. The SMILES string of the molecule is O=C(CCN1C(=O)[C@H]2CCCC[C@@H]2C1=O)OCC(=O)N1CCc2ccccc21. The van der Waals surface area contributed by atoms with Gasteiger partial charge in [-0.25, -0.2) is 0 Å². The number of carbonyl (C=O) groups excluding carboxylic acids is 4. The minimum absolute atomic E-state index is 0.0320. The molecule has 0 bridgehead atoms. The summed E-state index contributed by atoms with van der Waals surface area (Å²) in [7, 11) is 0. The molecule has 3 amide bonds. The molecule has 2 fully saturated rings. The summed E-state index contributed by atoms with van der Waals surface area (Å²) in [6, 6.07) is 7.67. The van der Waals surface area contributed by atoms with E-state index in [1.807, 2.05) is 24.3 Å². The topological polar surface area (TPSA) is 84.0 Å². The molecule has 4 rings (SSSR count). The third kappa shape index (κ3) is 3.41. The highest BCUT2D eigenvalue weighted by Gasteiger charge is 2.47. The Morgan fingerprint density at radius 1 is 1.04 bits per heavy atom. The molecule has 3 aliphatic rings. The highest BCUT2D eigenvalue weighted by molar-refractivity contribution is 6.05. The first kappa shape index (κ1) is 18.7. The zero-order valence-corrected chi connectivity index (χ0v) is 15.8. The first-order valence-electron chi connectivity index (χ1n) is 9.95. The van der Waals surface area contributed by atoms with Crippen molar-refractivity contribution in [3.8, 4) is 0 Å². The molecule has 0 radical (unpaired) electrons. The van der Waals surface area contributed by atoms with Gasteiger partial charge in [0.05, 0.1) is 18.3 Å². The summed E-state index contributed by atoms with van der Waals surface area (Å²) in [4.78, 5) is 52.1. The van der Waals surface area contributed by atoms with Crippen LogP contribution in [0.4, 0.5) is 5.69 Å². The molecule has 0 spiro atoms. The van der Waals surface area contributed by atoms with Crippen molar-refractivity contribution in [3.05, 3.63) is 29.8 Å². The van der Waals surface area contributed by atoms with E-state index in [2.05, 4.69) is 0 Å². The van der Waals surface area contributed by atoms with Crippen LogP contribution in [0.3, 0.4) is 0 Å². The van der Waals surface area contributed by atoms with E-state index in [1.54, 1.807) is 4.90 Å². The number of benzene rings is 1. The second-order valence-corrected chi connectivity index (χ2v) is 7.66. The van der Waals surface area contributed by atoms with Crippen molar-refractivity contribution in [3.63, 3.8) is 0 Å². The summed E-state index contributed by atoms with van der Waals surface area (Å²) in [5.41, 5.74) is 1.97. The predicted molar refractivity (Wildman–Crippen MR) is 100 cm³/mol. The van der Waals surface area contributed by atoms with Gasteiger partial charge in [-0.2, -0.15) is 0 Å². The van der Waals surface area contributed by atoms with Gasteiger partial charge in [-0.1, -0.05) is 31.0 Å². The molecule has 0 unspecified atom stereocenters. The number of amides is 3. The maximum absolute atomic E-state index is 12.4. The molecule has 7 nitrogen and oxygen atoms in total. The van der Waals surface area contributed by atoms with Crippen molar-refractivity contribution in [2.24, 2.45) is 11.8 Å². The average Bonchev–Trinajstić information content (AvgIpc) is 3.25. The van der Waals surface area contributed by atoms with Crippen LogP contribution in [-0.2, 0) is 30.3 Å². The lowest BCUT2D eigenvalue weighted by atomic mass is 9.81. The number of nitrogens with zero attached hydrogens (tertiary/aromatic N) is 2. The highest BCUT2D eigenvalue weighted by atomic mass is 16.5. The summed E-state index contributed by atoms with van der Waals surface area (Å²) in [6.45, 7) is 0.278. The maximum Gasteiger partial charge on any atom is 0.308 e. The Kier molecular flexibility index (Phi) is 5.15. The Morgan fingerprint density at radius 2 is 1.71 bits per heavy atom. The normalized spacial score (nSPS) is 23.6. The molecule has 1 saturated heterocycles. The lowest BCUT2D eigenvalue weighted by molar-refractivity contribution is -0.149. The summed E-state index contributed by atoms with van der Waals surface area (Å²) in [5, 5.41) is 0. The summed E-state index contributed by atoms with van der Waals surface area (Å²) < 4.78 is 5.10. The van der Waals surface area contributed by atoms with Gasteiger partial charge in [-0.3, -0.25) is 24.1 Å². The summed E-state index contributed by atoms with van der Waals surface area (Å²) in [5.74, 6) is -1.59. The number of para-hydroxylation sites is 1. The van der Waals surface area contributed by atoms with Crippen LogP contribution in [0.5, 0.6) is 0 Å². The smallest absolute Gasteiger partial charge is 0.308 e. The quantitative estimate of drug-likeness (QED) is 0.570. The number of likely N-dealkylation sites (tertiary alicyclic amines) is 1. The van der Waals surface area contributed by atoms with Gasteiger partial charge in [-0.15, -0.1) is 0 Å². The van der Waals surface area contributed by atoms with Crippen molar-refractivity contribution < 1.29 is 23.9 Å². The van der Waals surface area contributed by atoms with Crippen molar-refractivity contribution in [2.45, 2.75) is 38.5 Å². The molecule has 1 aromatic carbocycles. The van der Waals surface area contributed by atoms with Gasteiger partial charge >= 0.3 is 5.97 Å². The fourth-order valence-corrected chi connectivity index (χ4v) is 4.54. The van der Waals surface area contributed by atoms with Gasteiger partial charge in [0.15, 0.2) is 6.61 Å². The van der Waals surface area contributed by atoms with E-state index in [4.69, 9.17) is 4.74 Å². The lowest BCUT2D eigenvalue weighted by Gasteiger charge is -2.19. The fourth-order valence-electron chi connectivity index (χ4n) is 4.54. The molecule has 148 valence electrons. The number of ether oxygens (including phenoxy) is 1. The summed E-state index contributed by atoms with van der Waals surface area (Å²) in [6.07, 6.45) is 4.15. The Balaban J connectivity index is 1.26. The zero-order chi connectivity index (χ0) is 19.7. The van der Waals surface area contributed by atoms with Gasteiger partial charge in [0.1, 0.15) is 0 Å². The van der Waals surface area contributed by atoms with E-state index < -0.39 is 5.97 Å². The fraction of sp³-hybridized carbons (Fsp3) is 0.524. The Labute approximate surface area is 163 Å². The first-order chi connectivity index (χ1) is 13.6. The number of hydrogen-bond donors (Lipinski definition) is 0. The van der Waals surface area contributed by atoms with Gasteiger partial charge in [0.2, 0.25) is 11.8 Å². The number of hydrogen-bond acceptors (Lipinski definition) is 5. The van der Waals surface area contributed by atoms with Crippen LogP contribution in [0.15, 0.2) is 24.3 Å². The molecule has 2 heterocycles. The molecule has 0 aromatic heterocycles. The number of imide groups is 1. The van der Waals surface area contributed by atoms with Crippen LogP contribution >= 0.6 is 0 Å². The molecule has 1 aromatic rings. The molecule has 7 heteroatoms. The van der Waals surface area contributed by atoms with Crippen molar-refractivity contribution in [1.82, 2.24) is 4.90 Å². The predicted octanol–water partition coefficient (Wildman–Crippen LogP) is 1.68. The van der Waals surface area contributed by atoms with Crippen LogP contribution in [0.2, 0.25) is 0 Å². The van der Waals surface area contributed by atoms with Crippen LogP contribution in [0, 0.1) is 11.8 Å². The van der Waals surface area contributed by atoms with Gasteiger partial charge in [0, 0.05) is 18.8 Å². The Hall–Kier alpha value is -2.70. The molecular weight excluding hydrogens is 360 g/mol. The summed E-state index contributed by atoms with van der Waals surface area (Å²) >= 11 is 0. The number of anilines is 1. The zero-order valence-electron chi connectivity index (χ0n) is 15.8. The molecule has 2 aliphatic heterocycles. The highest BCUT2D eigenvalue weighted by Crippen LogP contribution is 2.38. The van der Waals surface area contributed by atoms with Crippen LogP contribution in [0.25, 0.3) is 0 Å². The third-order valence-electron chi connectivity index (χ3n) is 6.02.